The van der Waals surface area contributed by atoms with Crippen LogP contribution >= 0.6 is 0 Å². The Labute approximate surface area is 185 Å². The monoisotopic (exact) mass is 415 g/mol. The summed E-state index contributed by atoms with van der Waals surface area (Å²) in [6.45, 7) is 0. The van der Waals surface area contributed by atoms with Crippen LogP contribution in [0.5, 0.6) is 0 Å². The van der Waals surface area contributed by atoms with Crippen LogP contribution in [0, 0.1) is 11.8 Å². The van der Waals surface area contributed by atoms with Gasteiger partial charge >= 0.3 is 0 Å². The molecule has 0 aliphatic heterocycles. The maximum Gasteiger partial charge on any atom is 0.227 e. The third-order valence-corrected chi connectivity index (χ3v) is 6.70. The van der Waals surface area contributed by atoms with Gasteiger partial charge in [0.1, 0.15) is 5.78 Å². The van der Waals surface area contributed by atoms with Crippen molar-refractivity contribution >= 4 is 23.5 Å². The van der Waals surface area contributed by atoms with Gasteiger partial charge in [-0.25, -0.2) is 0 Å². The summed E-state index contributed by atoms with van der Waals surface area (Å²) in [5, 5.41) is 3.14. The Morgan fingerprint density at radius 3 is 2.55 bits per heavy atom. The Balaban J connectivity index is 1.39. The number of amides is 1. The van der Waals surface area contributed by atoms with Crippen LogP contribution in [0.25, 0.3) is 6.08 Å². The molecule has 1 fully saturated rings. The molecule has 0 bridgehead atoms. The molecule has 31 heavy (non-hydrogen) atoms. The third-order valence-electron chi connectivity index (χ3n) is 6.70. The van der Waals surface area contributed by atoms with E-state index >= 15 is 0 Å². The lowest BCUT2D eigenvalue weighted by Crippen LogP contribution is -2.24. The minimum Gasteiger partial charge on any atom is -0.326 e. The van der Waals surface area contributed by atoms with Crippen LogP contribution < -0.4 is 5.32 Å². The molecule has 0 saturated heterocycles. The Morgan fingerprint density at radius 2 is 1.74 bits per heavy atom. The fraction of sp³-hybridized carbons (Fsp3) is 0.429. The lowest BCUT2D eigenvalue weighted by molar-refractivity contribution is -0.121. The van der Waals surface area contributed by atoms with E-state index in [-0.39, 0.29) is 11.8 Å². The van der Waals surface area contributed by atoms with E-state index in [0.717, 1.165) is 56.2 Å². The fourth-order valence-corrected chi connectivity index (χ4v) is 4.97. The Kier molecular flexibility index (Phi) is 7.35. The van der Waals surface area contributed by atoms with Crippen LogP contribution in [-0.2, 0) is 22.4 Å². The average molecular weight is 416 g/mol. The van der Waals surface area contributed by atoms with E-state index in [1.54, 1.807) is 0 Å². The number of benzene rings is 2. The van der Waals surface area contributed by atoms with E-state index in [9.17, 15) is 9.59 Å². The van der Waals surface area contributed by atoms with E-state index < -0.39 is 0 Å². The molecule has 4 rings (SSSR count). The van der Waals surface area contributed by atoms with E-state index in [4.69, 9.17) is 0 Å². The van der Waals surface area contributed by atoms with Gasteiger partial charge in [-0.15, -0.1) is 0 Å². The number of carbonyl (C=O) groups is 2. The molecule has 1 atom stereocenters. The minimum atomic E-state index is 0.159. The van der Waals surface area contributed by atoms with Crippen molar-refractivity contribution in [2.75, 3.05) is 5.32 Å². The first kappa shape index (κ1) is 21.5. The highest BCUT2D eigenvalue weighted by atomic mass is 16.2. The van der Waals surface area contributed by atoms with Crippen molar-refractivity contribution in [3.63, 3.8) is 0 Å². The first-order valence-electron chi connectivity index (χ1n) is 11.8. The highest BCUT2D eigenvalue weighted by molar-refractivity contribution is 5.93. The summed E-state index contributed by atoms with van der Waals surface area (Å²) in [5.41, 5.74) is 4.42. The molecular formula is C28H33NO2. The Morgan fingerprint density at radius 1 is 0.935 bits per heavy atom. The van der Waals surface area contributed by atoms with Crippen molar-refractivity contribution in [3.8, 4) is 0 Å². The minimum absolute atomic E-state index is 0.159. The predicted molar refractivity (Wildman–Crippen MR) is 127 cm³/mol. The van der Waals surface area contributed by atoms with Crippen molar-refractivity contribution in [2.45, 2.75) is 64.2 Å². The van der Waals surface area contributed by atoms with Gasteiger partial charge in [-0.05, 0) is 66.8 Å². The number of nitrogens with one attached hydrogen (secondary N) is 1. The number of Topliss-reactive ketones (excluding diaryl/α,β-unsaturated/α-hetero) is 1. The molecular weight excluding hydrogens is 382 g/mol. The first-order valence-corrected chi connectivity index (χ1v) is 11.8. The molecule has 0 heterocycles. The smallest absolute Gasteiger partial charge is 0.227 e. The molecule has 2 aliphatic carbocycles. The van der Waals surface area contributed by atoms with E-state index in [2.05, 4.69) is 29.6 Å². The van der Waals surface area contributed by atoms with Gasteiger partial charge in [0.05, 0.1) is 0 Å². The van der Waals surface area contributed by atoms with Crippen molar-refractivity contribution in [2.24, 2.45) is 11.8 Å². The first-order chi connectivity index (χ1) is 15.2. The molecule has 162 valence electrons. The summed E-state index contributed by atoms with van der Waals surface area (Å²) >= 11 is 0. The summed E-state index contributed by atoms with van der Waals surface area (Å²) in [4.78, 5) is 25.3. The molecule has 3 nitrogen and oxygen atoms in total. The molecule has 1 saturated carbocycles. The topological polar surface area (TPSA) is 46.2 Å². The van der Waals surface area contributed by atoms with Crippen molar-refractivity contribution in [1.82, 2.24) is 0 Å². The molecule has 2 aromatic rings. The lowest BCUT2D eigenvalue weighted by Gasteiger charge is -2.22. The zero-order valence-electron chi connectivity index (χ0n) is 18.3. The van der Waals surface area contributed by atoms with Crippen molar-refractivity contribution in [3.05, 3.63) is 71.3 Å². The van der Waals surface area contributed by atoms with Crippen LogP contribution in [0.2, 0.25) is 0 Å². The summed E-state index contributed by atoms with van der Waals surface area (Å²) in [5.74, 6) is 1.01. The number of rotatable bonds is 6. The summed E-state index contributed by atoms with van der Waals surface area (Å²) in [7, 11) is 0. The van der Waals surface area contributed by atoms with Gasteiger partial charge in [0.15, 0.2) is 0 Å². The van der Waals surface area contributed by atoms with Crippen molar-refractivity contribution < 1.29 is 9.59 Å². The molecule has 1 N–H and O–H groups in total. The van der Waals surface area contributed by atoms with Crippen LogP contribution in [0.15, 0.2) is 54.6 Å². The molecule has 1 amide bonds. The highest BCUT2D eigenvalue weighted by Crippen LogP contribution is 2.29. The normalized spacial score (nSPS) is 20.2. The van der Waals surface area contributed by atoms with Crippen molar-refractivity contribution in [1.29, 1.82) is 0 Å². The van der Waals surface area contributed by atoms with Crippen LogP contribution in [-0.4, -0.2) is 11.7 Å². The van der Waals surface area contributed by atoms with E-state index in [1.165, 1.54) is 17.5 Å². The number of anilines is 1. The molecule has 2 aliphatic rings. The number of allylic oxidation sites excluding steroid dienone is 1. The maximum absolute atomic E-state index is 12.7. The van der Waals surface area contributed by atoms with Gasteiger partial charge in [0, 0.05) is 24.4 Å². The Bertz CT molecular complexity index is 925. The second-order valence-electron chi connectivity index (χ2n) is 9.19. The zero-order chi connectivity index (χ0) is 21.5. The largest absolute Gasteiger partial charge is 0.326 e. The van der Waals surface area contributed by atoms with Gasteiger partial charge in [-0.2, -0.15) is 0 Å². The van der Waals surface area contributed by atoms with Gasteiger partial charge in [0.2, 0.25) is 5.91 Å². The second-order valence-corrected chi connectivity index (χ2v) is 9.19. The van der Waals surface area contributed by atoms with Gasteiger partial charge < -0.3 is 5.32 Å². The lowest BCUT2D eigenvalue weighted by atomic mass is 9.85. The quantitative estimate of drug-likeness (QED) is 0.595. The second kappa shape index (κ2) is 10.6. The number of hydrogen-bond acceptors (Lipinski definition) is 2. The SMILES string of the molecule is O=C(Cc1ccccc1)CC1CC/C=C\c2cc(NC(=O)C3CCCCC3)ccc2C1. The standard InChI is InChI=1S/C28H33NO2/c30-27(18-21-9-3-1-4-10-21)19-22-11-7-8-14-24-20-26(16-15-25(24)17-22)29-28(31)23-12-5-2-6-13-23/h1,3-4,8-10,14-16,20,22-23H,2,5-7,11-13,17-19H2,(H,29,31)/b14-8-. The number of carbonyl (C=O) groups excluding carboxylic acids is 2. The summed E-state index contributed by atoms with van der Waals surface area (Å²) in [6.07, 6.45) is 14.1. The molecule has 0 spiro atoms. The third kappa shape index (κ3) is 6.16. The van der Waals surface area contributed by atoms with E-state index in [0.29, 0.717) is 24.5 Å². The summed E-state index contributed by atoms with van der Waals surface area (Å²) in [6, 6.07) is 16.3. The van der Waals surface area contributed by atoms with Crippen LogP contribution in [0.1, 0.15) is 68.1 Å². The maximum atomic E-state index is 12.7. The molecule has 3 heteroatoms. The van der Waals surface area contributed by atoms with Gasteiger partial charge in [0.25, 0.3) is 0 Å². The summed E-state index contributed by atoms with van der Waals surface area (Å²) < 4.78 is 0. The van der Waals surface area contributed by atoms with Gasteiger partial charge in [-0.1, -0.05) is 67.8 Å². The number of fused-ring (bicyclic) bond motifs is 1. The van der Waals surface area contributed by atoms with Crippen LogP contribution in [0.3, 0.4) is 0 Å². The fourth-order valence-electron chi connectivity index (χ4n) is 4.97. The average Bonchev–Trinajstić information content (AvgIpc) is 2.77. The molecule has 0 aromatic heterocycles. The highest BCUT2D eigenvalue weighted by Gasteiger charge is 2.22. The number of hydrogen-bond donors (Lipinski definition) is 1. The van der Waals surface area contributed by atoms with Gasteiger partial charge in [-0.3, -0.25) is 9.59 Å². The predicted octanol–water partition coefficient (Wildman–Crippen LogP) is 6.37. The van der Waals surface area contributed by atoms with E-state index in [1.807, 2.05) is 36.4 Å². The number of ketones is 1. The molecule has 2 aromatic carbocycles. The zero-order valence-corrected chi connectivity index (χ0v) is 18.3. The molecule has 0 radical (unpaired) electrons. The molecule has 1 unspecified atom stereocenters. The van der Waals surface area contributed by atoms with Crippen LogP contribution in [0.4, 0.5) is 5.69 Å². The Hall–Kier alpha value is -2.68.